The van der Waals surface area contributed by atoms with Crippen molar-refractivity contribution in [3.8, 4) is 0 Å². The van der Waals surface area contributed by atoms with Crippen LogP contribution in [0.4, 0.5) is 0 Å². The molecule has 0 amide bonds. The molecule has 1 heterocycles. The van der Waals surface area contributed by atoms with E-state index in [-0.39, 0.29) is 0 Å². The van der Waals surface area contributed by atoms with Crippen molar-refractivity contribution in [2.45, 2.75) is 76.2 Å². The van der Waals surface area contributed by atoms with Gasteiger partial charge in [0, 0.05) is 6.61 Å². The second kappa shape index (κ2) is 9.32. The van der Waals surface area contributed by atoms with Crippen LogP contribution in [0.3, 0.4) is 0 Å². The average molecular weight is 306 g/mol. The highest BCUT2D eigenvalue weighted by molar-refractivity contribution is 5.73. The maximum absolute atomic E-state index is 10.9. The van der Waals surface area contributed by atoms with Crippen LogP contribution in [0.5, 0.6) is 0 Å². The number of hydrogen-bond acceptors (Lipinski definition) is 6. The Kier molecular flexibility index (Phi) is 8.13. The largest absolute Gasteiger partial charge is 0.479 e. The molecule has 0 saturated carbocycles. The van der Waals surface area contributed by atoms with E-state index in [0.717, 1.165) is 19.3 Å². The number of rotatable bonds is 9. The number of carboxylic acids is 1. The minimum absolute atomic E-state index is 0.309. The van der Waals surface area contributed by atoms with Crippen LogP contribution in [-0.2, 0) is 14.3 Å². The zero-order valence-corrected chi connectivity index (χ0v) is 12.4. The zero-order valence-electron chi connectivity index (χ0n) is 12.4. The molecular formula is C14H26O7. The summed E-state index contributed by atoms with van der Waals surface area (Å²) in [7, 11) is 0. The molecule has 4 N–H and O–H groups in total. The van der Waals surface area contributed by atoms with Crippen molar-refractivity contribution in [1.82, 2.24) is 0 Å². The van der Waals surface area contributed by atoms with Crippen LogP contribution in [0.2, 0.25) is 0 Å². The second-order valence-corrected chi connectivity index (χ2v) is 5.37. The number of carbonyl (C=O) groups is 1. The van der Waals surface area contributed by atoms with Gasteiger partial charge in [-0.25, -0.2) is 4.79 Å². The fraction of sp³-hybridized carbons (Fsp3) is 0.929. The Morgan fingerprint density at radius 2 is 1.62 bits per heavy atom. The van der Waals surface area contributed by atoms with Gasteiger partial charge in [0.2, 0.25) is 0 Å². The smallest absolute Gasteiger partial charge is 0.335 e. The molecular weight excluding hydrogens is 280 g/mol. The van der Waals surface area contributed by atoms with E-state index in [1.54, 1.807) is 0 Å². The van der Waals surface area contributed by atoms with Crippen molar-refractivity contribution < 1.29 is 34.7 Å². The van der Waals surface area contributed by atoms with Crippen LogP contribution in [0.15, 0.2) is 0 Å². The van der Waals surface area contributed by atoms with Gasteiger partial charge in [0.05, 0.1) is 0 Å². The molecule has 0 aliphatic carbocycles. The topological polar surface area (TPSA) is 116 Å². The Hall–Kier alpha value is -0.730. The van der Waals surface area contributed by atoms with E-state index < -0.39 is 36.7 Å². The van der Waals surface area contributed by atoms with E-state index in [2.05, 4.69) is 6.92 Å². The lowest BCUT2D eigenvalue weighted by atomic mass is 9.99. The first-order valence-electron chi connectivity index (χ1n) is 7.53. The van der Waals surface area contributed by atoms with Gasteiger partial charge >= 0.3 is 5.97 Å². The van der Waals surface area contributed by atoms with Crippen molar-refractivity contribution >= 4 is 5.97 Å². The van der Waals surface area contributed by atoms with Crippen LogP contribution < -0.4 is 0 Å². The summed E-state index contributed by atoms with van der Waals surface area (Å²) in [6.45, 7) is 2.45. The van der Waals surface area contributed by atoms with Crippen LogP contribution in [0.25, 0.3) is 0 Å². The van der Waals surface area contributed by atoms with Crippen LogP contribution >= 0.6 is 0 Å². The second-order valence-electron chi connectivity index (χ2n) is 5.37. The van der Waals surface area contributed by atoms with Gasteiger partial charge in [0.25, 0.3) is 0 Å². The van der Waals surface area contributed by atoms with E-state index in [1.165, 1.54) is 19.3 Å². The summed E-state index contributed by atoms with van der Waals surface area (Å²) in [6, 6.07) is 0. The predicted molar refractivity (Wildman–Crippen MR) is 73.6 cm³/mol. The molecule has 0 bridgehead atoms. The van der Waals surface area contributed by atoms with E-state index in [9.17, 15) is 20.1 Å². The lowest BCUT2D eigenvalue weighted by molar-refractivity contribution is -0.294. The molecule has 124 valence electrons. The van der Waals surface area contributed by atoms with E-state index in [1.807, 2.05) is 0 Å². The molecule has 21 heavy (non-hydrogen) atoms. The minimum atomic E-state index is -1.67. The normalized spacial score (nSPS) is 33.0. The molecule has 1 saturated heterocycles. The molecule has 1 aliphatic rings. The zero-order chi connectivity index (χ0) is 15.8. The maximum atomic E-state index is 10.9. The summed E-state index contributed by atoms with van der Waals surface area (Å²) in [6.07, 6.45) is -1.17. The van der Waals surface area contributed by atoms with Gasteiger partial charge in [-0.15, -0.1) is 0 Å². The summed E-state index contributed by atoms with van der Waals surface area (Å²) in [5.41, 5.74) is 0. The van der Waals surface area contributed by atoms with Crippen molar-refractivity contribution in [2.24, 2.45) is 0 Å². The van der Waals surface area contributed by atoms with E-state index in [0.29, 0.717) is 6.61 Å². The Balaban J connectivity index is 2.31. The Morgan fingerprint density at radius 3 is 2.24 bits per heavy atom. The van der Waals surface area contributed by atoms with Crippen LogP contribution in [0, 0.1) is 0 Å². The van der Waals surface area contributed by atoms with Crippen molar-refractivity contribution in [3.63, 3.8) is 0 Å². The lowest BCUT2D eigenvalue weighted by Gasteiger charge is -2.38. The third kappa shape index (κ3) is 5.52. The standard InChI is InChI=1S/C14H26O7/c1-2-3-4-5-6-7-8-20-14-11(17)9(15)10(16)12(21-14)13(18)19/h9-12,14-17H,2-8H2,1H3,(H,18,19)/t9-,10-,11+,12-,14-/m0/s1. The molecule has 1 fully saturated rings. The van der Waals surface area contributed by atoms with E-state index >= 15 is 0 Å². The molecule has 0 spiro atoms. The van der Waals surface area contributed by atoms with Gasteiger partial charge in [-0.05, 0) is 6.42 Å². The van der Waals surface area contributed by atoms with Gasteiger partial charge in [0.1, 0.15) is 18.3 Å². The molecule has 1 rings (SSSR count). The van der Waals surface area contributed by atoms with Crippen molar-refractivity contribution in [1.29, 1.82) is 0 Å². The maximum Gasteiger partial charge on any atom is 0.335 e. The SMILES string of the molecule is CCCCCCCCO[C@H]1O[C@H](C(=O)O)[C@@H](O)[C@H](O)[C@H]1O. The van der Waals surface area contributed by atoms with Gasteiger partial charge in [-0.3, -0.25) is 0 Å². The van der Waals surface area contributed by atoms with Crippen molar-refractivity contribution in [3.05, 3.63) is 0 Å². The summed E-state index contributed by atoms with van der Waals surface area (Å²) in [5.74, 6) is -1.40. The minimum Gasteiger partial charge on any atom is -0.479 e. The molecule has 7 heteroatoms. The van der Waals surface area contributed by atoms with Gasteiger partial charge < -0.3 is 29.9 Å². The van der Waals surface area contributed by atoms with Crippen LogP contribution in [-0.4, -0.2) is 63.7 Å². The highest BCUT2D eigenvalue weighted by Gasteiger charge is 2.47. The molecule has 0 aromatic carbocycles. The van der Waals surface area contributed by atoms with Gasteiger partial charge in [-0.2, -0.15) is 0 Å². The molecule has 7 nitrogen and oxygen atoms in total. The summed E-state index contributed by atoms with van der Waals surface area (Å²) < 4.78 is 10.3. The highest BCUT2D eigenvalue weighted by Crippen LogP contribution is 2.22. The quantitative estimate of drug-likeness (QED) is 0.451. The number of aliphatic carboxylic acids is 1. The number of hydrogen-bond donors (Lipinski definition) is 4. The van der Waals surface area contributed by atoms with Gasteiger partial charge in [0.15, 0.2) is 12.4 Å². The Morgan fingerprint density at radius 1 is 1.00 bits per heavy atom. The number of unbranched alkanes of at least 4 members (excludes halogenated alkanes) is 5. The number of aliphatic hydroxyl groups is 3. The average Bonchev–Trinajstić information content (AvgIpc) is 2.45. The fourth-order valence-electron chi connectivity index (χ4n) is 2.27. The molecule has 0 aromatic heterocycles. The predicted octanol–water partition coefficient (Wildman–Crippen LogP) is 0.256. The summed E-state index contributed by atoms with van der Waals surface area (Å²) in [4.78, 5) is 10.9. The van der Waals surface area contributed by atoms with E-state index in [4.69, 9.17) is 14.6 Å². The lowest BCUT2D eigenvalue weighted by Crippen LogP contribution is -2.60. The monoisotopic (exact) mass is 306 g/mol. The third-order valence-corrected chi connectivity index (χ3v) is 3.59. The first-order valence-corrected chi connectivity index (χ1v) is 7.53. The van der Waals surface area contributed by atoms with Gasteiger partial charge in [-0.1, -0.05) is 39.0 Å². The third-order valence-electron chi connectivity index (χ3n) is 3.59. The molecule has 1 aliphatic heterocycles. The summed E-state index contributed by atoms with van der Waals surface area (Å²) in [5, 5.41) is 37.7. The highest BCUT2D eigenvalue weighted by atomic mass is 16.7. The molecule has 0 radical (unpaired) electrons. The molecule has 5 atom stereocenters. The summed E-state index contributed by atoms with van der Waals surface area (Å²) >= 11 is 0. The Labute approximate surface area is 124 Å². The van der Waals surface area contributed by atoms with Crippen molar-refractivity contribution in [2.75, 3.05) is 6.61 Å². The number of carboxylic acid groups (broad SMARTS) is 1. The molecule has 0 aromatic rings. The number of ether oxygens (including phenoxy) is 2. The fourth-order valence-corrected chi connectivity index (χ4v) is 2.27. The molecule has 0 unspecified atom stereocenters. The Bertz CT molecular complexity index is 310. The number of aliphatic hydroxyl groups excluding tert-OH is 3. The van der Waals surface area contributed by atoms with Crippen LogP contribution in [0.1, 0.15) is 45.4 Å². The first-order chi connectivity index (χ1) is 9.99. The first kappa shape index (κ1) is 18.3.